The van der Waals surface area contributed by atoms with Crippen molar-refractivity contribution in [2.75, 3.05) is 16.8 Å². The van der Waals surface area contributed by atoms with Gasteiger partial charge in [-0.15, -0.1) is 11.8 Å². The number of rotatable bonds is 5. The highest BCUT2D eigenvalue weighted by Gasteiger charge is 2.32. The zero-order valence-electron chi connectivity index (χ0n) is 17.5. The van der Waals surface area contributed by atoms with Crippen molar-refractivity contribution in [2.24, 2.45) is 0 Å². The molecule has 4 rings (SSSR count). The van der Waals surface area contributed by atoms with E-state index in [1.807, 2.05) is 0 Å². The first-order valence-corrected chi connectivity index (χ1v) is 12.0. The highest BCUT2D eigenvalue weighted by atomic mass is 32.2. The second kappa shape index (κ2) is 9.61. The van der Waals surface area contributed by atoms with E-state index >= 15 is 0 Å². The molecule has 35 heavy (non-hydrogen) atoms. The van der Waals surface area contributed by atoms with Crippen molar-refractivity contribution in [3.8, 4) is 5.69 Å². The first-order chi connectivity index (χ1) is 16.4. The molecule has 0 radical (unpaired) electrons. The van der Waals surface area contributed by atoms with E-state index in [0.717, 1.165) is 46.7 Å². The van der Waals surface area contributed by atoms with Gasteiger partial charge in [0.05, 0.1) is 33.2 Å². The van der Waals surface area contributed by atoms with Gasteiger partial charge in [-0.05, 0) is 36.4 Å². The average molecular weight is 532 g/mol. The van der Waals surface area contributed by atoms with E-state index in [-0.39, 0.29) is 22.3 Å². The minimum Gasteiger partial charge on any atom is -0.325 e. The highest BCUT2D eigenvalue weighted by molar-refractivity contribution is 8.00. The summed E-state index contributed by atoms with van der Waals surface area (Å²) in [6.45, 7) is 0. The maximum absolute atomic E-state index is 13.2. The molecule has 0 spiro atoms. The number of alkyl halides is 6. The lowest BCUT2D eigenvalue weighted by Gasteiger charge is -2.15. The van der Waals surface area contributed by atoms with Gasteiger partial charge in [-0.25, -0.2) is 4.98 Å². The molecule has 0 fully saturated rings. The van der Waals surface area contributed by atoms with E-state index < -0.39 is 34.9 Å². The van der Waals surface area contributed by atoms with Crippen LogP contribution in [0.5, 0.6) is 0 Å². The predicted molar refractivity (Wildman–Crippen MR) is 120 cm³/mol. The minimum atomic E-state index is -4.63. The lowest BCUT2D eigenvalue weighted by molar-refractivity contribution is -0.138. The number of carbonyl (C=O) groups excluding carboxylic acids is 1. The Bertz CT molecular complexity index is 1340. The predicted octanol–water partition coefficient (Wildman–Crippen LogP) is 5.65. The van der Waals surface area contributed by atoms with Gasteiger partial charge in [0.15, 0.2) is 5.16 Å². The Kier molecular flexibility index (Phi) is 6.91. The van der Waals surface area contributed by atoms with Crippen molar-refractivity contribution < 1.29 is 31.1 Å². The summed E-state index contributed by atoms with van der Waals surface area (Å²) < 4.78 is 79.4. The van der Waals surface area contributed by atoms with Crippen LogP contribution in [0, 0.1) is 0 Å². The molecule has 0 saturated carbocycles. The molecule has 13 heteroatoms. The van der Waals surface area contributed by atoms with Crippen LogP contribution in [0.25, 0.3) is 5.69 Å². The van der Waals surface area contributed by atoms with E-state index in [1.165, 1.54) is 30.0 Å². The molecule has 184 valence electrons. The molecule has 0 atom stereocenters. The van der Waals surface area contributed by atoms with Gasteiger partial charge in [-0.2, -0.15) is 26.3 Å². The van der Waals surface area contributed by atoms with E-state index in [0.29, 0.717) is 22.8 Å². The van der Waals surface area contributed by atoms with Crippen molar-refractivity contribution in [1.29, 1.82) is 0 Å². The van der Waals surface area contributed by atoms with Gasteiger partial charge in [-0.1, -0.05) is 23.9 Å². The van der Waals surface area contributed by atoms with Crippen molar-refractivity contribution in [2.45, 2.75) is 28.8 Å². The fourth-order valence-corrected chi connectivity index (χ4v) is 5.19. The Balaban J connectivity index is 1.62. The molecule has 1 aromatic heterocycles. The number of hydrogen-bond acceptors (Lipinski definition) is 5. The van der Waals surface area contributed by atoms with E-state index in [9.17, 15) is 35.9 Å². The molecule has 5 nitrogen and oxygen atoms in total. The summed E-state index contributed by atoms with van der Waals surface area (Å²) in [5.41, 5.74) is -2.07. The van der Waals surface area contributed by atoms with Gasteiger partial charge in [0.25, 0.3) is 5.56 Å². The molecule has 1 aliphatic heterocycles. The first kappa shape index (κ1) is 25.2. The lowest BCUT2D eigenvalue weighted by atomic mass is 10.2. The number of halogens is 6. The number of carbonyl (C=O) groups is 1. The normalized spacial score (nSPS) is 13.5. The summed E-state index contributed by atoms with van der Waals surface area (Å²) in [5, 5.41) is 2.36. The summed E-state index contributed by atoms with van der Waals surface area (Å²) in [6.07, 6.45) is -8.72. The topological polar surface area (TPSA) is 64.0 Å². The molecule has 0 bridgehead atoms. The van der Waals surface area contributed by atoms with Crippen LogP contribution >= 0.6 is 23.5 Å². The zero-order chi connectivity index (χ0) is 25.4. The molecule has 1 amide bonds. The Morgan fingerprint density at radius 1 is 1.03 bits per heavy atom. The number of aryl methyl sites for hydroxylation is 1. The molecule has 1 N–H and O–H groups in total. The maximum atomic E-state index is 13.2. The SMILES string of the molecule is O=C(CSc1nc2c(c(=O)n1-c1cccc(C(F)(F)F)c1)SCC2)Nc1cccc(C(F)(F)F)c1. The zero-order valence-corrected chi connectivity index (χ0v) is 19.2. The molecule has 2 heterocycles. The Hall–Kier alpha value is -2.93. The van der Waals surface area contributed by atoms with Crippen molar-refractivity contribution >= 4 is 35.1 Å². The summed E-state index contributed by atoms with van der Waals surface area (Å²) in [7, 11) is 0. The van der Waals surface area contributed by atoms with Crippen molar-refractivity contribution in [1.82, 2.24) is 9.55 Å². The minimum absolute atomic E-state index is 0.00904. The number of hydrogen-bond donors (Lipinski definition) is 1. The standard InChI is InChI=1S/C22H15F6N3O2S2/c23-21(24,25)12-3-1-5-14(9-12)29-17(32)11-35-20-30-16-7-8-34-18(16)19(33)31(20)15-6-2-4-13(10-15)22(26,27)28/h1-6,9-10H,7-8,11H2,(H,29,32). The molecule has 0 unspecified atom stereocenters. The fraction of sp³-hybridized carbons (Fsp3) is 0.227. The Labute approximate surface area is 202 Å². The van der Waals surface area contributed by atoms with Gasteiger partial charge in [-0.3, -0.25) is 14.2 Å². The van der Waals surface area contributed by atoms with Gasteiger partial charge in [0.2, 0.25) is 5.91 Å². The number of benzene rings is 2. The van der Waals surface area contributed by atoms with Crippen LogP contribution in [-0.2, 0) is 23.6 Å². The van der Waals surface area contributed by atoms with Crippen molar-refractivity contribution in [3.05, 3.63) is 75.7 Å². The maximum Gasteiger partial charge on any atom is 0.416 e. The number of aromatic nitrogens is 2. The smallest absolute Gasteiger partial charge is 0.325 e. The molecular formula is C22H15F6N3O2S2. The number of nitrogens with one attached hydrogen (secondary N) is 1. The molecule has 3 aromatic rings. The second-order valence-electron chi connectivity index (χ2n) is 7.37. The van der Waals surface area contributed by atoms with Crippen LogP contribution in [0.3, 0.4) is 0 Å². The second-order valence-corrected chi connectivity index (χ2v) is 9.42. The van der Waals surface area contributed by atoms with Gasteiger partial charge >= 0.3 is 12.4 Å². The van der Waals surface area contributed by atoms with E-state index in [2.05, 4.69) is 10.3 Å². The number of anilines is 1. The molecule has 0 saturated heterocycles. The number of fused-ring (bicyclic) bond motifs is 1. The van der Waals surface area contributed by atoms with Crippen LogP contribution in [0.1, 0.15) is 16.8 Å². The lowest BCUT2D eigenvalue weighted by Crippen LogP contribution is -2.25. The molecule has 2 aromatic carbocycles. The van der Waals surface area contributed by atoms with Gasteiger partial charge in [0, 0.05) is 17.9 Å². The van der Waals surface area contributed by atoms with Gasteiger partial charge in [0.1, 0.15) is 0 Å². The van der Waals surface area contributed by atoms with Crippen LogP contribution in [-0.4, -0.2) is 27.0 Å². The van der Waals surface area contributed by atoms with Crippen LogP contribution < -0.4 is 10.9 Å². The summed E-state index contributed by atoms with van der Waals surface area (Å²) in [6, 6.07) is 8.28. The monoisotopic (exact) mass is 531 g/mol. The average Bonchev–Trinajstić information content (AvgIpc) is 3.26. The Morgan fingerprint density at radius 3 is 2.37 bits per heavy atom. The number of thioether (sulfide) groups is 2. The highest BCUT2D eigenvalue weighted by Crippen LogP contribution is 2.33. The molecule has 0 aliphatic carbocycles. The van der Waals surface area contributed by atoms with Crippen LogP contribution in [0.4, 0.5) is 32.0 Å². The largest absolute Gasteiger partial charge is 0.416 e. The number of nitrogens with zero attached hydrogens (tertiary/aromatic N) is 2. The Morgan fingerprint density at radius 2 is 1.69 bits per heavy atom. The number of amides is 1. The van der Waals surface area contributed by atoms with Crippen LogP contribution in [0.2, 0.25) is 0 Å². The van der Waals surface area contributed by atoms with Gasteiger partial charge < -0.3 is 5.32 Å². The van der Waals surface area contributed by atoms with Crippen molar-refractivity contribution in [3.63, 3.8) is 0 Å². The molecule has 1 aliphatic rings. The van der Waals surface area contributed by atoms with E-state index in [4.69, 9.17) is 0 Å². The summed E-state index contributed by atoms with van der Waals surface area (Å²) >= 11 is 2.05. The summed E-state index contributed by atoms with van der Waals surface area (Å²) in [4.78, 5) is 30.3. The van der Waals surface area contributed by atoms with E-state index in [1.54, 1.807) is 0 Å². The summed E-state index contributed by atoms with van der Waals surface area (Å²) in [5.74, 6) is -0.424. The fourth-order valence-electron chi connectivity index (χ4n) is 3.34. The molecular weight excluding hydrogens is 516 g/mol. The third-order valence-corrected chi connectivity index (χ3v) is 6.95. The quantitative estimate of drug-likeness (QED) is 0.262. The van der Waals surface area contributed by atoms with Crippen LogP contribution in [0.15, 0.2) is 63.4 Å². The third kappa shape index (κ3) is 5.67. The first-order valence-electron chi connectivity index (χ1n) is 10.00. The third-order valence-electron chi connectivity index (χ3n) is 4.90.